The van der Waals surface area contributed by atoms with E-state index in [4.69, 9.17) is 15.2 Å². The van der Waals surface area contributed by atoms with E-state index in [9.17, 15) is 9.59 Å². The van der Waals surface area contributed by atoms with Gasteiger partial charge in [0.15, 0.2) is 0 Å². The highest BCUT2D eigenvalue weighted by Gasteiger charge is 2.26. The molecule has 2 rings (SSSR count). The molecular weight excluding hydrogens is 312 g/mol. The topological polar surface area (TPSA) is 97.1 Å². The van der Waals surface area contributed by atoms with Gasteiger partial charge in [0.25, 0.3) is 0 Å². The molecule has 8 heteroatoms. The van der Waals surface area contributed by atoms with Crippen molar-refractivity contribution in [2.75, 3.05) is 58.8 Å². The maximum Gasteiger partial charge on any atom is 0.314 e. The molecule has 2 amide bonds. The standard InChI is InChI=1S/C16H24N4O4/c1-23-12-3-4-13(14(11-12)24-2)18-15(21)16(22)20-9-7-19(6-5-17)8-10-20/h3-4,11H,5-10,17H2,1-2H3,(H,18,21). The van der Waals surface area contributed by atoms with E-state index in [1.807, 2.05) is 0 Å². The van der Waals surface area contributed by atoms with Crippen LogP contribution in [-0.2, 0) is 9.59 Å². The maximum atomic E-state index is 12.3. The molecule has 0 radical (unpaired) electrons. The van der Waals surface area contributed by atoms with Gasteiger partial charge in [-0.1, -0.05) is 0 Å². The van der Waals surface area contributed by atoms with E-state index in [1.54, 1.807) is 30.2 Å². The van der Waals surface area contributed by atoms with Gasteiger partial charge in [-0.3, -0.25) is 14.5 Å². The first-order chi connectivity index (χ1) is 11.6. The van der Waals surface area contributed by atoms with Gasteiger partial charge in [0.05, 0.1) is 19.9 Å². The van der Waals surface area contributed by atoms with E-state index in [1.165, 1.54) is 7.11 Å². The summed E-state index contributed by atoms with van der Waals surface area (Å²) in [7, 11) is 3.03. The zero-order valence-corrected chi connectivity index (χ0v) is 14.1. The van der Waals surface area contributed by atoms with Gasteiger partial charge in [-0.05, 0) is 12.1 Å². The Morgan fingerprint density at radius 1 is 1.17 bits per heavy atom. The van der Waals surface area contributed by atoms with Crippen LogP contribution in [0.4, 0.5) is 5.69 Å². The Bertz CT molecular complexity index is 585. The first kappa shape index (κ1) is 18.0. The summed E-state index contributed by atoms with van der Waals surface area (Å²) in [4.78, 5) is 28.2. The minimum atomic E-state index is -0.675. The summed E-state index contributed by atoms with van der Waals surface area (Å²) in [5.41, 5.74) is 5.96. The number of rotatable bonds is 5. The highest BCUT2D eigenvalue weighted by atomic mass is 16.5. The lowest BCUT2D eigenvalue weighted by Gasteiger charge is -2.34. The Morgan fingerprint density at radius 2 is 1.88 bits per heavy atom. The van der Waals surface area contributed by atoms with Crippen LogP contribution in [0.3, 0.4) is 0 Å². The van der Waals surface area contributed by atoms with Crippen LogP contribution in [-0.4, -0.2) is 75.1 Å². The van der Waals surface area contributed by atoms with E-state index in [-0.39, 0.29) is 0 Å². The number of hydrogen-bond acceptors (Lipinski definition) is 6. The SMILES string of the molecule is COc1ccc(NC(=O)C(=O)N2CCN(CCN)CC2)c(OC)c1. The number of amides is 2. The first-order valence-corrected chi connectivity index (χ1v) is 7.83. The van der Waals surface area contributed by atoms with Crippen LogP contribution in [0.2, 0.25) is 0 Å². The zero-order chi connectivity index (χ0) is 17.5. The minimum Gasteiger partial charge on any atom is -0.497 e. The van der Waals surface area contributed by atoms with Crippen LogP contribution in [0.25, 0.3) is 0 Å². The molecule has 8 nitrogen and oxygen atoms in total. The number of carbonyl (C=O) groups excluding carboxylic acids is 2. The molecular formula is C16H24N4O4. The average molecular weight is 336 g/mol. The quantitative estimate of drug-likeness (QED) is 0.720. The van der Waals surface area contributed by atoms with Gasteiger partial charge in [-0.25, -0.2) is 0 Å². The molecule has 1 saturated heterocycles. The summed E-state index contributed by atoms with van der Waals surface area (Å²) in [6.07, 6.45) is 0. The Kier molecular flexibility index (Phi) is 6.39. The molecule has 1 aliphatic rings. The summed E-state index contributed by atoms with van der Waals surface area (Å²) in [6.45, 7) is 3.88. The molecule has 1 heterocycles. The normalized spacial score (nSPS) is 15.0. The van der Waals surface area contributed by atoms with Gasteiger partial charge >= 0.3 is 11.8 Å². The van der Waals surface area contributed by atoms with Crippen molar-refractivity contribution in [3.05, 3.63) is 18.2 Å². The van der Waals surface area contributed by atoms with Crippen molar-refractivity contribution in [2.45, 2.75) is 0 Å². The van der Waals surface area contributed by atoms with Crippen LogP contribution >= 0.6 is 0 Å². The van der Waals surface area contributed by atoms with E-state index in [2.05, 4.69) is 10.2 Å². The fourth-order valence-electron chi connectivity index (χ4n) is 2.58. The number of ether oxygens (including phenoxy) is 2. The lowest BCUT2D eigenvalue weighted by molar-refractivity contribution is -0.144. The summed E-state index contributed by atoms with van der Waals surface area (Å²) in [5, 5.41) is 2.60. The first-order valence-electron chi connectivity index (χ1n) is 7.83. The molecule has 0 aromatic heterocycles. The highest BCUT2D eigenvalue weighted by molar-refractivity contribution is 6.39. The van der Waals surface area contributed by atoms with Crippen molar-refractivity contribution in [3.63, 3.8) is 0 Å². The number of benzene rings is 1. The number of nitrogens with two attached hydrogens (primary N) is 1. The second kappa shape index (κ2) is 8.51. The molecule has 1 fully saturated rings. The second-order valence-electron chi connectivity index (χ2n) is 5.44. The Labute approximate surface area is 141 Å². The fourth-order valence-corrected chi connectivity index (χ4v) is 2.58. The molecule has 0 atom stereocenters. The van der Waals surface area contributed by atoms with Crippen LogP contribution in [0.5, 0.6) is 11.5 Å². The predicted molar refractivity (Wildman–Crippen MR) is 90.3 cm³/mol. The Morgan fingerprint density at radius 3 is 2.46 bits per heavy atom. The van der Waals surface area contributed by atoms with Gasteiger partial charge in [0.1, 0.15) is 11.5 Å². The largest absolute Gasteiger partial charge is 0.497 e. The number of methoxy groups -OCH3 is 2. The van der Waals surface area contributed by atoms with Crippen molar-refractivity contribution in [1.29, 1.82) is 0 Å². The summed E-state index contributed by atoms with van der Waals surface area (Å²) < 4.78 is 10.3. The average Bonchev–Trinajstić information content (AvgIpc) is 2.62. The van der Waals surface area contributed by atoms with Crippen molar-refractivity contribution in [1.82, 2.24) is 9.80 Å². The smallest absolute Gasteiger partial charge is 0.314 e. The van der Waals surface area contributed by atoms with Crippen molar-refractivity contribution >= 4 is 17.5 Å². The molecule has 0 saturated carbocycles. The lowest BCUT2D eigenvalue weighted by Crippen LogP contribution is -2.52. The third kappa shape index (κ3) is 4.36. The zero-order valence-electron chi connectivity index (χ0n) is 14.1. The molecule has 0 unspecified atom stereocenters. The second-order valence-corrected chi connectivity index (χ2v) is 5.44. The van der Waals surface area contributed by atoms with Crippen molar-refractivity contribution in [3.8, 4) is 11.5 Å². The van der Waals surface area contributed by atoms with Gasteiger partial charge < -0.3 is 25.4 Å². The van der Waals surface area contributed by atoms with E-state index >= 15 is 0 Å². The van der Waals surface area contributed by atoms with Crippen LogP contribution in [0.1, 0.15) is 0 Å². The van der Waals surface area contributed by atoms with Gasteiger partial charge in [-0.2, -0.15) is 0 Å². The number of nitrogens with zero attached hydrogens (tertiary/aromatic N) is 2. The van der Waals surface area contributed by atoms with Crippen molar-refractivity contribution in [2.24, 2.45) is 5.73 Å². The lowest BCUT2D eigenvalue weighted by atomic mass is 10.2. The third-order valence-electron chi connectivity index (χ3n) is 3.96. The minimum absolute atomic E-state index is 0.429. The van der Waals surface area contributed by atoms with Crippen LogP contribution in [0.15, 0.2) is 18.2 Å². The molecule has 0 bridgehead atoms. The molecule has 132 valence electrons. The summed E-state index contributed by atoms with van der Waals surface area (Å²) >= 11 is 0. The predicted octanol–water partition coefficient (Wildman–Crippen LogP) is -0.255. The Balaban J connectivity index is 1.96. The number of piperazine rings is 1. The van der Waals surface area contributed by atoms with Gasteiger partial charge in [0, 0.05) is 45.3 Å². The van der Waals surface area contributed by atoms with E-state index in [0.717, 1.165) is 19.6 Å². The number of carbonyl (C=O) groups is 2. The van der Waals surface area contributed by atoms with Crippen molar-refractivity contribution < 1.29 is 19.1 Å². The summed E-state index contributed by atoms with van der Waals surface area (Å²) in [6, 6.07) is 4.97. The molecule has 1 aliphatic heterocycles. The molecule has 3 N–H and O–H groups in total. The molecule has 24 heavy (non-hydrogen) atoms. The Hall–Kier alpha value is -2.32. The number of hydrogen-bond donors (Lipinski definition) is 2. The van der Waals surface area contributed by atoms with Gasteiger partial charge in [0.2, 0.25) is 0 Å². The highest BCUT2D eigenvalue weighted by Crippen LogP contribution is 2.29. The number of nitrogens with one attached hydrogen (secondary N) is 1. The van der Waals surface area contributed by atoms with Gasteiger partial charge in [-0.15, -0.1) is 0 Å². The number of anilines is 1. The monoisotopic (exact) mass is 336 g/mol. The molecule has 0 aliphatic carbocycles. The third-order valence-corrected chi connectivity index (χ3v) is 3.96. The molecule has 1 aromatic carbocycles. The summed E-state index contributed by atoms with van der Waals surface area (Å²) in [5.74, 6) is -0.179. The molecule has 1 aromatic rings. The van der Waals surface area contributed by atoms with Crippen LogP contribution in [0, 0.1) is 0 Å². The van der Waals surface area contributed by atoms with E-state index in [0.29, 0.717) is 36.8 Å². The van der Waals surface area contributed by atoms with E-state index < -0.39 is 11.8 Å². The fraction of sp³-hybridized carbons (Fsp3) is 0.500. The maximum absolute atomic E-state index is 12.3. The molecule has 0 spiro atoms. The van der Waals surface area contributed by atoms with Crippen LogP contribution < -0.4 is 20.5 Å².